The smallest absolute Gasteiger partial charge is 0.224 e. The van der Waals surface area contributed by atoms with Crippen molar-refractivity contribution in [3.05, 3.63) is 29.5 Å². The van der Waals surface area contributed by atoms with E-state index in [-0.39, 0.29) is 12.5 Å². The van der Waals surface area contributed by atoms with Crippen molar-refractivity contribution in [2.75, 3.05) is 23.8 Å². The van der Waals surface area contributed by atoms with Crippen molar-refractivity contribution < 1.29 is 15.3 Å². The van der Waals surface area contributed by atoms with Gasteiger partial charge in [-0.3, -0.25) is 0 Å². The Morgan fingerprint density at radius 2 is 1.94 bits per heavy atom. The predicted octanol–water partition coefficient (Wildman–Crippen LogP) is 3.35. The van der Waals surface area contributed by atoms with Crippen LogP contribution >= 0.6 is 11.3 Å². The molecule has 0 bridgehead atoms. The van der Waals surface area contributed by atoms with Crippen LogP contribution in [0.2, 0.25) is 0 Å². The van der Waals surface area contributed by atoms with Crippen molar-refractivity contribution in [3.8, 4) is 10.6 Å². The number of nitrogens with zero attached hydrogens (tertiary/aromatic N) is 3. The van der Waals surface area contributed by atoms with Crippen LogP contribution in [0.4, 0.5) is 11.8 Å². The number of rotatable bonds is 9. The zero-order valence-electron chi connectivity index (χ0n) is 19.7. The molecule has 5 N–H and O–H groups in total. The lowest BCUT2D eigenvalue weighted by atomic mass is 10.1. The number of aliphatic hydroxyl groups excluding tert-OH is 3. The van der Waals surface area contributed by atoms with Gasteiger partial charge in [0.15, 0.2) is 0 Å². The minimum absolute atomic E-state index is 0.168. The molecule has 34 heavy (non-hydrogen) atoms. The van der Waals surface area contributed by atoms with E-state index in [1.54, 1.807) is 11.3 Å². The Balaban J connectivity index is 1.54. The summed E-state index contributed by atoms with van der Waals surface area (Å²) in [7, 11) is 0. The van der Waals surface area contributed by atoms with Crippen molar-refractivity contribution >= 4 is 33.3 Å². The molecular weight excluding hydrogens is 450 g/mol. The average Bonchev–Trinajstić information content (AvgIpc) is 3.49. The fourth-order valence-electron chi connectivity index (χ4n) is 4.78. The third kappa shape index (κ3) is 4.62. The van der Waals surface area contributed by atoms with Gasteiger partial charge >= 0.3 is 0 Å². The Labute approximate surface area is 203 Å². The van der Waals surface area contributed by atoms with Crippen LogP contribution in [0.1, 0.15) is 43.9 Å². The minimum atomic E-state index is -0.991. The Morgan fingerprint density at radius 3 is 2.65 bits per heavy atom. The molecular formula is C25H33N5O3S. The van der Waals surface area contributed by atoms with Gasteiger partial charge in [0, 0.05) is 19.1 Å². The van der Waals surface area contributed by atoms with Crippen LogP contribution in [0.3, 0.4) is 0 Å². The highest BCUT2D eigenvalue weighted by atomic mass is 32.1. The summed E-state index contributed by atoms with van der Waals surface area (Å²) >= 11 is 1.61. The molecule has 182 valence electrons. The summed E-state index contributed by atoms with van der Waals surface area (Å²) in [5.74, 6) is 1.45. The second kappa shape index (κ2) is 9.73. The van der Waals surface area contributed by atoms with Gasteiger partial charge in [-0.05, 0) is 50.2 Å². The molecule has 9 heteroatoms. The minimum Gasteiger partial charge on any atom is -0.396 e. The van der Waals surface area contributed by atoms with Gasteiger partial charge in [0.25, 0.3) is 0 Å². The molecule has 0 unspecified atom stereocenters. The van der Waals surface area contributed by atoms with Crippen molar-refractivity contribution in [2.24, 2.45) is 11.8 Å². The summed E-state index contributed by atoms with van der Waals surface area (Å²) in [6.45, 7) is 4.80. The van der Waals surface area contributed by atoms with Gasteiger partial charge in [-0.1, -0.05) is 25.5 Å². The Morgan fingerprint density at radius 1 is 1.12 bits per heavy atom. The first-order valence-corrected chi connectivity index (χ1v) is 13.0. The van der Waals surface area contributed by atoms with Crippen LogP contribution in [0.15, 0.2) is 18.2 Å². The van der Waals surface area contributed by atoms with Crippen molar-refractivity contribution in [3.63, 3.8) is 0 Å². The van der Waals surface area contributed by atoms with Gasteiger partial charge < -0.3 is 26.0 Å². The van der Waals surface area contributed by atoms with Crippen LogP contribution < -0.4 is 10.6 Å². The summed E-state index contributed by atoms with van der Waals surface area (Å²) < 4.78 is 1.12. The third-order valence-electron chi connectivity index (χ3n) is 6.93. The first-order chi connectivity index (χ1) is 16.5. The van der Waals surface area contributed by atoms with Crippen LogP contribution in [0.5, 0.6) is 0 Å². The fraction of sp³-hybridized carbons (Fsp3) is 0.560. The zero-order valence-corrected chi connectivity index (χ0v) is 20.5. The monoisotopic (exact) mass is 483 g/mol. The highest BCUT2D eigenvalue weighted by molar-refractivity contribution is 7.21. The summed E-state index contributed by atoms with van der Waals surface area (Å²) in [5.41, 5.74) is 3.87. The van der Waals surface area contributed by atoms with E-state index < -0.39 is 18.2 Å². The number of aromatic nitrogens is 3. The van der Waals surface area contributed by atoms with E-state index in [0.717, 1.165) is 45.9 Å². The fourth-order valence-corrected chi connectivity index (χ4v) is 5.89. The Kier molecular flexibility index (Phi) is 6.70. The van der Waals surface area contributed by atoms with Crippen molar-refractivity contribution in [1.29, 1.82) is 0 Å². The molecule has 2 aliphatic carbocycles. The average molecular weight is 484 g/mol. The SMILES string of the molecule is CCCc1cccc2sc(-c3c(C)nc(NCC4CC4)nc3N[C@@H]3C[C@H](CO)[C@@H](O)[C@H]3O)nc12. The predicted molar refractivity (Wildman–Crippen MR) is 135 cm³/mol. The summed E-state index contributed by atoms with van der Waals surface area (Å²) in [6.07, 6.45) is 2.98. The van der Waals surface area contributed by atoms with Crippen LogP contribution in [-0.4, -0.2) is 61.7 Å². The van der Waals surface area contributed by atoms with E-state index in [9.17, 15) is 15.3 Å². The molecule has 2 fully saturated rings. The molecule has 3 aromatic rings. The lowest BCUT2D eigenvalue weighted by molar-refractivity contribution is 0.00446. The number of thiazole rings is 1. The number of fused-ring (bicyclic) bond motifs is 1. The van der Waals surface area contributed by atoms with Crippen LogP contribution in [0, 0.1) is 18.8 Å². The highest BCUT2D eigenvalue weighted by Crippen LogP contribution is 2.39. The van der Waals surface area contributed by atoms with E-state index in [1.807, 2.05) is 6.92 Å². The molecule has 4 atom stereocenters. The van der Waals surface area contributed by atoms with Gasteiger partial charge in [-0.2, -0.15) is 4.98 Å². The van der Waals surface area contributed by atoms with Gasteiger partial charge in [0.1, 0.15) is 16.9 Å². The van der Waals surface area contributed by atoms with E-state index in [1.165, 1.54) is 18.4 Å². The van der Waals surface area contributed by atoms with Crippen LogP contribution in [0.25, 0.3) is 20.8 Å². The Hall–Kier alpha value is -2.33. The standard InChI is InChI=1S/C25H33N5O3S/c1-3-5-15-6-4-7-18-20(15)29-24(34-18)19-13(2)27-25(26-11-14-8-9-14)30-23(19)28-17-10-16(12-31)21(32)22(17)33/h4,6-7,14,16-17,21-22,31-33H,3,5,8-12H2,1-2H3,(H2,26,27,28,30)/t16-,17-,21-,22+/m1/s1. The molecule has 1 aromatic carbocycles. The van der Waals surface area contributed by atoms with E-state index in [2.05, 4.69) is 35.8 Å². The number of para-hydroxylation sites is 1. The lowest BCUT2D eigenvalue weighted by Gasteiger charge is -2.21. The summed E-state index contributed by atoms with van der Waals surface area (Å²) in [5, 5.41) is 38.1. The first kappa shape index (κ1) is 23.4. The molecule has 5 rings (SSSR count). The maximum absolute atomic E-state index is 10.6. The number of anilines is 2. The molecule has 0 amide bonds. The topological polar surface area (TPSA) is 123 Å². The molecule has 0 radical (unpaired) electrons. The van der Waals surface area contributed by atoms with Crippen molar-refractivity contribution in [2.45, 2.75) is 64.2 Å². The maximum atomic E-state index is 10.6. The maximum Gasteiger partial charge on any atom is 0.224 e. The third-order valence-corrected chi connectivity index (χ3v) is 7.97. The second-order valence-corrected chi connectivity index (χ2v) is 10.7. The molecule has 0 spiro atoms. The van der Waals surface area contributed by atoms with Gasteiger partial charge in [0.2, 0.25) is 5.95 Å². The summed E-state index contributed by atoms with van der Waals surface area (Å²) in [4.78, 5) is 14.5. The Bertz CT molecular complexity index is 1160. The largest absolute Gasteiger partial charge is 0.396 e. The van der Waals surface area contributed by atoms with Crippen LogP contribution in [-0.2, 0) is 6.42 Å². The number of benzene rings is 1. The van der Waals surface area contributed by atoms with E-state index >= 15 is 0 Å². The molecule has 2 aromatic heterocycles. The molecule has 2 saturated carbocycles. The normalized spacial score (nSPS) is 24.6. The second-order valence-electron chi connectivity index (χ2n) is 9.62. The molecule has 2 aliphatic rings. The van der Waals surface area contributed by atoms with Gasteiger partial charge in [0.05, 0.1) is 33.6 Å². The highest BCUT2D eigenvalue weighted by Gasteiger charge is 2.41. The summed E-state index contributed by atoms with van der Waals surface area (Å²) in [6, 6.07) is 5.87. The molecule has 8 nitrogen and oxygen atoms in total. The van der Waals surface area contributed by atoms with Crippen molar-refractivity contribution in [1.82, 2.24) is 15.0 Å². The number of hydrogen-bond acceptors (Lipinski definition) is 9. The first-order valence-electron chi connectivity index (χ1n) is 12.2. The molecule has 2 heterocycles. The molecule has 0 aliphatic heterocycles. The quantitative estimate of drug-likeness (QED) is 0.314. The zero-order chi connectivity index (χ0) is 23.8. The van der Waals surface area contributed by atoms with Gasteiger partial charge in [-0.25, -0.2) is 9.97 Å². The van der Waals surface area contributed by atoms with E-state index in [0.29, 0.717) is 24.1 Å². The lowest BCUT2D eigenvalue weighted by Crippen LogP contribution is -2.35. The number of nitrogens with one attached hydrogen (secondary N) is 2. The van der Waals surface area contributed by atoms with Gasteiger partial charge in [-0.15, -0.1) is 11.3 Å². The molecule has 0 saturated heterocycles. The number of aliphatic hydroxyl groups is 3. The number of aryl methyl sites for hydroxylation is 2. The van der Waals surface area contributed by atoms with E-state index in [4.69, 9.17) is 15.0 Å². The number of hydrogen-bond donors (Lipinski definition) is 5.